The molecule has 3 aromatic rings. The average molecular weight is 285 g/mol. The van der Waals surface area contributed by atoms with E-state index in [2.05, 4.69) is 15.3 Å². The largest absolute Gasteiger partial charge is 0.504 e. The Bertz CT molecular complexity index is 785. The van der Waals surface area contributed by atoms with Gasteiger partial charge < -0.3 is 25.6 Å². The normalized spacial score (nSPS) is 10.7. The fourth-order valence-corrected chi connectivity index (χ4v) is 1.95. The molecule has 106 valence electrons. The number of carbonyl (C=O) groups excluding carboxylic acids is 1. The van der Waals surface area contributed by atoms with E-state index < -0.39 is 23.2 Å². The number of fused-ring (bicyclic) bond motifs is 1. The van der Waals surface area contributed by atoms with Crippen molar-refractivity contribution in [1.29, 1.82) is 0 Å². The molecule has 1 aromatic carbocycles. The highest BCUT2D eigenvalue weighted by Gasteiger charge is 2.13. The van der Waals surface area contributed by atoms with Crippen LogP contribution in [0.25, 0.3) is 11.0 Å². The lowest BCUT2D eigenvalue weighted by molar-refractivity contribution is 0.102. The number of aromatic amines is 1. The summed E-state index contributed by atoms with van der Waals surface area (Å²) in [6, 6.07) is 7.39. The van der Waals surface area contributed by atoms with Crippen LogP contribution in [0.5, 0.6) is 17.2 Å². The van der Waals surface area contributed by atoms with Gasteiger partial charge in [0.2, 0.25) is 0 Å². The van der Waals surface area contributed by atoms with Crippen molar-refractivity contribution < 1.29 is 20.1 Å². The van der Waals surface area contributed by atoms with E-state index in [1.165, 1.54) is 0 Å². The summed E-state index contributed by atoms with van der Waals surface area (Å²) in [5.41, 5.74) is 1.81. The first kappa shape index (κ1) is 12.8. The van der Waals surface area contributed by atoms with Gasteiger partial charge in [0, 0.05) is 24.0 Å². The number of pyridine rings is 1. The van der Waals surface area contributed by atoms with E-state index in [1.54, 1.807) is 24.4 Å². The van der Waals surface area contributed by atoms with Crippen LogP contribution >= 0.6 is 0 Å². The molecule has 0 unspecified atom stereocenters. The Kier molecular flexibility index (Phi) is 2.87. The topological polar surface area (TPSA) is 118 Å². The summed E-state index contributed by atoms with van der Waals surface area (Å²) < 4.78 is 0. The molecule has 0 fully saturated rings. The number of benzene rings is 1. The van der Waals surface area contributed by atoms with Crippen LogP contribution in [-0.4, -0.2) is 31.2 Å². The van der Waals surface area contributed by atoms with Gasteiger partial charge in [0.15, 0.2) is 17.2 Å². The zero-order chi connectivity index (χ0) is 15.0. The van der Waals surface area contributed by atoms with Crippen LogP contribution in [0.1, 0.15) is 10.5 Å². The molecule has 0 saturated heterocycles. The Morgan fingerprint density at radius 3 is 2.52 bits per heavy atom. The van der Waals surface area contributed by atoms with Crippen molar-refractivity contribution >= 4 is 22.6 Å². The lowest BCUT2D eigenvalue weighted by atomic mass is 10.2. The van der Waals surface area contributed by atoms with Crippen LogP contribution in [0.3, 0.4) is 0 Å². The van der Waals surface area contributed by atoms with E-state index in [9.17, 15) is 20.1 Å². The summed E-state index contributed by atoms with van der Waals surface area (Å²) in [4.78, 5) is 19.1. The van der Waals surface area contributed by atoms with Gasteiger partial charge >= 0.3 is 0 Å². The van der Waals surface area contributed by atoms with Crippen molar-refractivity contribution in [3.8, 4) is 17.2 Å². The summed E-state index contributed by atoms with van der Waals surface area (Å²) in [7, 11) is 0. The number of aromatic nitrogens is 2. The second kappa shape index (κ2) is 4.71. The summed E-state index contributed by atoms with van der Waals surface area (Å²) >= 11 is 0. The van der Waals surface area contributed by atoms with Crippen molar-refractivity contribution in [3.05, 3.63) is 42.2 Å². The number of anilines is 1. The van der Waals surface area contributed by atoms with E-state index in [0.29, 0.717) is 5.52 Å². The van der Waals surface area contributed by atoms with Crippen LogP contribution < -0.4 is 5.32 Å². The van der Waals surface area contributed by atoms with Crippen molar-refractivity contribution in [3.63, 3.8) is 0 Å². The molecule has 0 aliphatic rings. The molecule has 0 bridgehead atoms. The molecule has 0 atom stereocenters. The van der Waals surface area contributed by atoms with Gasteiger partial charge in [-0.15, -0.1) is 0 Å². The standard InChI is InChI=1S/C14H11N3O4/c18-11-4-7(5-12(19)13(11)20)16-14(21)10-6-9-8(17-10)2-1-3-15-9/h1-6,17-20H,(H,16,21). The first-order valence-electron chi connectivity index (χ1n) is 6.04. The monoisotopic (exact) mass is 285 g/mol. The van der Waals surface area contributed by atoms with Crippen LogP contribution in [0.2, 0.25) is 0 Å². The lowest BCUT2D eigenvalue weighted by Crippen LogP contribution is -2.12. The summed E-state index contributed by atoms with van der Waals surface area (Å²) in [6.07, 6.45) is 1.62. The Balaban J connectivity index is 1.89. The van der Waals surface area contributed by atoms with Gasteiger partial charge in [0.05, 0.1) is 11.0 Å². The highest BCUT2D eigenvalue weighted by Crippen LogP contribution is 2.37. The number of aromatic hydroxyl groups is 3. The molecule has 2 heterocycles. The maximum atomic E-state index is 12.1. The van der Waals surface area contributed by atoms with Crippen LogP contribution in [0.4, 0.5) is 5.69 Å². The number of nitrogens with zero attached hydrogens (tertiary/aromatic N) is 1. The number of nitrogens with one attached hydrogen (secondary N) is 2. The minimum Gasteiger partial charge on any atom is -0.504 e. The number of H-pyrrole nitrogens is 1. The number of phenolic OH excluding ortho intramolecular Hbond substituents is 3. The molecule has 0 aliphatic heterocycles. The van der Waals surface area contributed by atoms with Gasteiger partial charge in [0.1, 0.15) is 5.69 Å². The molecule has 5 N–H and O–H groups in total. The van der Waals surface area contributed by atoms with Gasteiger partial charge in [-0.25, -0.2) is 0 Å². The van der Waals surface area contributed by atoms with Crippen LogP contribution in [0.15, 0.2) is 36.5 Å². The number of carbonyl (C=O) groups is 1. The molecular formula is C14H11N3O4. The van der Waals surface area contributed by atoms with Gasteiger partial charge in [-0.3, -0.25) is 9.78 Å². The van der Waals surface area contributed by atoms with Crippen molar-refractivity contribution in [1.82, 2.24) is 9.97 Å². The van der Waals surface area contributed by atoms with Crippen LogP contribution in [0, 0.1) is 0 Å². The highest BCUT2D eigenvalue weighted by molar-refractivity contribution is 6.05. The maximum Gasteiger partial charge on any atom is 0.272 e. The first-order chi connectivity index (χ1) is 10.0. The van der Waals surface area contributed by atoms with E-state index >= 15 is 0 Å². The fraction of sp³-hybridized carbons (Fsp3) is 0. The number of rotatable bonds is 2. The third-order valence-corrected chi connectivity index (χ3v) is 2.96. The Labute approximate surface area is 118 Å². The summed E-state index contributed by atoms with van der Waals surface area (Å²) in [5, 5.41) is 30.5. The predicted molar refractivity (Wildman–Crippen MR) is 75.5 cm³/mol. The molecule has 7 nitrogen and oxygen atoms in total. The highest BCUT2D eigenvalue weighted by atomic mass is 16.3. The third-order valence-electron chi connectivity index (χ3n) is 2.96. The fourth-order valence-electron chi connectivity index (χ4n) is 1.95. The molecule has 7 heteroatoms. The molecular weight excluding hydrogens is 274 g/mol. The third kappa shape index (κ3) is 2.32. The minimum absolute atomic E-state index is 0.152. The van der Waals surface area contributed by atoms with Crippen molar-refractivity contribution in [2.75, 3.05) is 5.32 Å². The second-order valence-corrected chi connectivity index (χ2v) is 4.44. The quantitative estimate of drug-likeness (QED) is 0.364. The van der Waals surface area contributed by atoms with E-state index in [4.69, 9.17) is 0 Å². The predicted octanol–water partition coefficient (Wildman–Crippen LogP) is 1.93. The number of amides is 1. The molecule has 0 saturated carbocycles. The second-order valence-electron chi connectivity index (χ2n) is 4.44. The smallest absolute Gasteiger partial charge is 0.272 e. The summed E-state index contributed by atoms with van der Waals surface area (Å²) in [5.74, 6) is -2.15. The number of hydrogen-bond acceptors (Lipinski definition) is 5. The Hall–Kier alpha value is -3.22. The average Bonchev–Trinajstić information content (AvgIpc) is 2.88. The lowest BCUT2D eigenvalue weighted by Gasteiger charge is -2.07. The minimum atomic E-state index is -0.636. The van der Waals surface area contributed by atoms with E-state index in [1.807, 2.05) is 0 Å². The molecule has 2 aromatic heterocycles. The van der Waals surface area contributed by atoms with Gasteiger partial charge in [-0.05, 0) is 18.2 Å². The molecule has 1 amide bonds. The molecule has 3 rings (SSSR count). The SMILES string of the molecule is O=C(Nc1cc(O)c(O)c(O)c1)c1cc2ncccc2[nH]1. The molecule has 0 spiro atoms. The zero-order valence-corrected chi connectivity index (χ0v) is 10.7. The van der Waals surface area contributed by atoms with E-state index in [0.717, 1.165) is 17.6 Å². The Morgan fingerprint density at radius 1 is 1.14 bits per heavy atom. The van der Waals surface area contributed by atoms with Crippen molar-refractivity contribution in [2.45, 2.75) is 0 Å². The van der Waals surface area contributed by atoms with Gasteiger partial charge in [-0.1, -0.05) is 0 Å². The van der Waals surface area contributed by atoms with Gasteiger partial charge in [0.25, 0.3) is 5.91 Å². The van der Waals surface area contributed by atoms with Gasteiger partial charge in [-0.2, -0.15) is 0 Å². The number of phenols is 3. The molecule has 0 radical (unpaired) electrons. The molecule has 21 heavy (non-hydrogen) atoms. The van der Waals surface area contributed by atoms with Crippen LogP contribution in [-0.2, 0) is 0 Å². The number of hydrogen-bond donors (Lipinski definition) is 5. The van der Waals surface area contributed by atoms with E-state index in [-0.39, 0.29) is 11.4 Å². The maximum absolute atomic E-state index is 12.1. The summed E-state index contributed by atoms with van der Waals surface area (Å²) in [6.45, 7) is 0. The first-order valence-corrected chi connectivity index (χ1v) is 6.04. The van der Waals surface area contributed by atoms with Crippen molar-refractivity contribution in [2.24, 2.45) is 0 Å². The zero-order valence-electron chi connectivity index (χ0n) is 10.7. The molecule has 0 aliphatic carbocycles. The Morgan fingerprint density at radius 2 is 1.86 bits per heavy atom.